The molecule has 0 saturated heterocycles. The van der Waals surface area contributed by atoms with Crippen LogP contribution >= 0.6 is 0 Å². The van der Waals surface area contributed by atoms with Crippen LogP contribution in [0, 0.1) is 20.8 Å². The number of hydrogen-bond acceptors (Lipinski definition) is 4. The van der Waals surface area contributed by atoms with E-state index in [9.17, 15) is 19.5 Å². The van der Waals surface area contributed by atoms with Crippen LogP contribution < -0.4 is 10.9 Å². The molecular weight excluding hydrogens is 302 g/mol. The number of aliphatic carboxylic acids is 1. The van der Waals surface area contributed by atoms with Gasteiger partial charge in [-0.05, 0) is 38.8 Å². The van der Waals surface area contributed by atoms with Crippen molar-refractivity contribution in [1.29, 1.82) is 0 Å². The third-order valence-electron chi connectivity index (χ3n) is 4.20. The lowest BCUT2D eigenvalue weighted by atomic mass is 10.1. The molecule has 2 rings (SSSR count). The van der Waals surface area contributed by atoms with E-state index in [2.05, 4.69) is 5.32 Å². The summed E-state index contributed by atoms with van der Waals surface area (Å²) in [5.74, 6) is -2.60. The normalized spacial score (nSPS) is 12.4. The van der Waals surface area contributed by atoms with Gasteiger partial charge in [0.15, 0.2) is 5.75 Å². The highest BCUT2D eigenvalue weighted by Gasteiger charge is 2.26. The van der Waals surface area contributed by atoms with Gasteiger partial charge in [0.2, 0.25) is 0 Å². The maximum Gasteiger partial charge on any atom is 0.325 e. The molecule has 0 spiro atoms. The lowest BCUT2D eigenvalue weighted by molar-refractivity contribution is -0.138. The summed E-state index contributed by atoms with van der Waals surface area (Å²) >= 11 is 0. The first-order valence-corrected chi connectivity index (χ1v) is 7.03. The highest BCUT2D eigenvalue weighted by atomic mass is 16.4. The Morgan fingerprint density at radius 1 is 1.17 bits per heavy atom. The fourth-order valence-electron chi connectivity index (χ4n) is 2.59. The summed E-state index contributed by atoms with van der Waals surface area (Å²) < 4.78 is 2.77. The number of hydrogen-bond donors (Lipinski definition) is 3. The molecule has 0 aliphatic carbocycles. The summed E-state index contributed by atoms with van der Waals surface area (Å²) in [4.78, 5) is 35.5. The number of aromatic nitrogens is 2. The molecule has 0 radical (unpaired) electrons. The largest absolute Gasteiger partial charge is 0.505 e. The van der Waals surface area contributed by atoms with E-state index in [1.165, 1.54) is 18.7 Å². The maximum atomic E-state index is 12.4. The molecule has 1 atom stereocenters. The summed E-state index contributed by atoms with van der Waals surface area (Å²) in [5, 5.41) is 21.5. The molecule has 124 valence electrons. The van der Waals surface area contributed by atoms with Crippen molar-refractivity contribution in [2.24, 2.45) is 7.05 Å². The predicted octanol–water partition coefficient (Wildman–Crippen LogP) is 0.472. The molecule has 0 aliphatic rings. The van der Waals surface area contributed by atoms with E-state index in [0.717, 1.165) is 16.8 Å². The van der Waals surface area contributed by atoms with Crippen molar-refractivity contribution >= 4 is 17.4 Å². The van der Waals surface area contributed by atoms with Crippen LogP contribution in [0.3, 0.4) is 0 Å². The van der Waals surface area contributed by atoms with E-state index < -0.39 is 34.8 Å². The van der Waals surface area contributed by atoms with Gasteiger partial charge in [-0.1, -0.05) is 0 Å². The van der Waals surface area contributed by atoms with Crippen molar-refractivity contribution in [2.75, 3.05) is 0 Å². The smallest absolute Gasteiger partial charge is 0.325 e. The summed E-state index contributed by atoms with van der Waals surface area (Å²) in [7, 11) is 1.48. The number of carboxylic acids is 1. The highest BCUT2D eigenvalue weighted by molar-refractivity contribution is 6.00. The number of nitrogens with one attached hydrogen (secondary N) is 1. The summed E-state index contributed by atoms with van der Waals surface area (Å²) in [6.07, 6.45) is 0. The number of aryl methyl sites for hydroxylation is 3. The number of carbonyl (C=O) groups excluding carboxylic acids is 1. The topological polar surface area (TPSA) is 113 Å². The summed E-state index contributed by atoms with van der Waals surface area (Å²) in [6.45, 7) is 6.72. The number of carboxylic acid groups (broad SMARTS) is 1. The van der Waals surface area contributed by atoms with Gasteiger partial charge in [0.05, 0.1) is 0 Å². The molecule has 0 aromatic carbocycles. The van der Waals surface area contributed by atoms with Gasteiger partial charge >= 0.3 is 5.97 Å². The second kappa shape index (κ2) is 5.45. The zero-order valence-electron chi connectivity index (χ0n) is 13.6. The van der Waals surface area contributed by atoms with Gasteiger partial charge in [-0.25, -0.2) is 4.68 Å². The van der Waals surface area contributed by atoms with E-state index in [1.807, 2.05) is 6.92 Å². The average Bonchev–Trinajstić information content (AvgIpc) is 2.69. The van der Waals surface area contributed by atoms with Crippen molar-refractivity contribution in [1.82, 2.24) is 14.5 Å². The Morgan fingerprint density at radius 2 is 1.74 bits per heavy atom. The number of rotatable bonds is 3. The molecule has 0 fully saturated rings. The first kappa shape index (κ1) is 16.6. The molecule has 1 amide bonds. The van der Waals surface area contributed by atoms with Gasteiger partial charge in [-0.15, -0.1) is 0 Å². The number of nitrogens with zero attached hydrogens (tertiary/aromatic N) is 2. The quantitative estimate of drug-likeness (QED) is 0.760. The van der Waals surface area contributed by atoms with E-state index in [-0.39, 0.29) is 0 Å². The maximum absolute atomic E-state index is 12.4. The van der Waals surface area contributed by atoms with E-state index in [1.54, 1.807) is 18.4 Å². The second-order valence-corrected chi connectivity index (χ2v) is 5.58. The molecule has 2 heterocycles. The number of aromatic hydroxyl groups is 1. The fraction of sp³-hybridized carbons (Fsp3) is 0.400. The van der Waals surface area contributed by atoms with Crippen LogP contribution in [0.2, 0.25) is 0 Å². The second-order valence-electron chi connectivity index (χ2n) is 5.58. The van der Waals surface area contributed by atoms with Crippen LogP contribution in [0.4, 0.5) is 0 Å². The summed E-state index contributed by atoms with van der Waals surface area (Å²) in [6, 6.07) is -1.18. The fourth-order valence-corrected chi connectivity index (χ4v) is 2.59. The van der Waals surface area contributed by atoms with Crippen molar-refractivity contribution in [3.05, 3.63) is 32.7 Å². The first-order chi connectivity index (χ1) is 10.6. The van der Waals surface area contributed by atoms with E-state index in [4.69, 9.17) is 5.11 Å². The minimum absolute atomic E-state index is 0.357. The Morgan fingerprint density at radius 3 is 2.26 bits per heavy atom. The molecule has 0 aliphatic heterocycles. The van der Waals surface area contributed by atoms with E-state index >= 15 is 0 Å². The molecule has 2 aromatic rings. The molecule has 2 aromatic heterocycles. The number of amides is 1. The summed E-state index contributed by atoms with van der Waals surface area (Å²) in [5.41, 5.74) is 1.60. The Labute approximate surface area is 131 Å². The predicted molar refractivity (Wildman–Crippen MR) is 83.1 cm³/mol. The molecule has 8 nitrogen and oxygen atoms in total. The molecular formula is C15H19N3O5. The standard InChI is InChI=1S/C15H19N3O5/c1-6-7(2)11-12(19)10(13(20)16-8(3)15(22)23)14(21)17(5)18(11)9(6)4/h8,19H,1-5H3,(H,16,20)(H,22,23). The Hall–Kier alpha value is -2.77. The lowest BCUT2D eigenvalue weighted by Crippen LogP contribution is -2.42. The van der Waals surface area contributed by atoms with Crippen LogP contribution in [-0.4, -0.2) is 37.3 Å². The molecule has 0 bridgehead atoms. The van der Waals surface area contributed by atoms with Gasteiger partial charge in [0.1, 0.15) is 17.1 Å². The van der Waals surface area contributed by atoms with Crippen molar-refractivity contribution in [3.63, 3.8) is 0 Å². The van der Waals surface area contributed by atoms with Crippen LogP contribution in [0.1, 0.15) is 34.1 Å². The Kier molecular flexibility index (Phi) is 3.94. The zero-order chi connectivity index (χ0) is 17.6. The Bertz CT molecular complexity index is 891. The van der Waals surface area contributed by atoms with Crippen molar-refractivity contribution in [2.45, 2.75) is 33.7 Å². The van der Waals surface area contributed by atoms with Crippen molar-refractivity contribution < 1.29 is 19.8 Å². The minimum atomic E-state index is -1.23. The molecule has 1 unspecified atom stereocenters. The molecule has 8 heteroatoms. The monoisotopic (exact) mass is 321 g/mol. The van der Waals surface area contributed by atoms with Gasteiger partial charge < -0.3 is 15.5 Å². The van der Waals surface area contributed by atoms with Gasteiger partial charge in [0, 0.05) is 12.7 Å². The van der Waals surface area contributed by atoms with Gasteiger partial charge in [-0.3, -0.25) is 18.9 Å². The molecule has 0 saturated carbocycles. The van der Waals surface area contributed by atoms with Crippen LogP contribution in [-0.2, 0) is 11.8 Å². The Balaban J connectivity index is 2.76. The SMILES string of the molecule is Cc1c(C)c2c(O)c(C(=O)NC(C)C(=O)O)c(=O)n(C)n2c1C. The van der Waals surface area contributed by atoms with Crippen LogP contribution in [0.15, 0.2) is 4.79 Å². The third-order valence-corrected chi connectivity index (χ3v) is 4.20. The first-order valence-electron chi connectivity index (χ1n) is 7.03. The molecule has 3 N–H and O–H groups in total. The third kappa shape index (κ3) is 2.36. The minimum Gasteiger partial charge on any atom is -0.505 e. The number of fused-ring (bicyclic) bond motifs is 1. The number of carbonyl (C=O) groups is 2. The zero-order valence-corrected chi connectivity index (χ0v) is 13.6. The average molecular weight is 321 g/mol. The van der Waals surface area contributed by atoms with E-state index in [0.29, 0.717) is 5.52 Å². The van der Waals surface area contributed by atoms with Crippen molar-refractivity contribution in [3.8, 4) is 5.75 Å². The molecule has 23 heavy (non-hydrogen) atoms. The van der Waals surface area contributed by atoms with Crippen LogP contribution in [0.5, 0.6) is 5.75 Å². The van der Waals surface area contributed by atoms with Crippen LogP contribution in [0.25, 0.3) is 5.52 Å². The van der Waals surface area contributed by atoms with Gasteiger partial charge in [0.25, 0.3) is 11.5 Å². The lowest BCUT2D eigenvalue weighted by Gasteiger charge is -2.14. The van der Waals surface area contributed by atoms with Gasteiger partial charge in [-0.2, -0.15) is 0 Å². The highest BCUT2D eigenvalue weighted by Crippen LogP contribution is 2.29.